The summed E-state index contributed by atoms with van der Waals surface area (Å²) in [6.45, 7) is 12.7. The number of rotatable bonds is 7. The van der Waals surface area contributed by atoms with Gasteiger partial charge in [-0.2, -0.15) is 4.37 Å². The van der Waals surface area contributed by atoms with Gasteiger partial charge in [0.2, 0.25) is 5.13 Å². The van der Waals surface area contributed by atoms with Gasteiger partial charge in [-0.3, -0.25) is 4.99 Å². The van der Waals surface area contributed by atoms with Gasteiger partial charge in [-0.25, -0.2) is 9.97 Å². The van der Waals surface area contributed by atoms with E-state index in [0.717, 1.165) is 74.0 Å². The van der Waals surface area contributed by atoms with Crippen LogP contribution in [-0.4, -0.2) is 71.5 Å². The molecule has 2 aromatic heterocycles. The van der Waals surface area contributed by atoms with Crippen LogP contribution in [0.4, 0.5) is 10.9 Å². The van der Waals surface area contributed by atoms with Crippen LogP contribution in [0.1, 0.15) is 32.2 Å². The van der Waals surface area contributed by atoms with E-state index in [2.05, 4.69) is 72.3 Å². The molecule has 3 heterocycles. The molecule has 166 valence electrons. The standard InChI is InChI=1S/C20H32N8S.HI/c1-5-17-24-20(29-25-17)28-12-10-27(11-13-28)19(21-4)23-15-16-8-9-18(22-14-16)26(6-2)7-3;/h8-9,14H,5-7,10-13,15H2,1-4H3,(H,21,23);1H. The average Bonchev–Trinajstić information content (AvgIpc) is 3.26. The van der Waals surface area contributed by atoms with Crippen molar-refractivity contribution in [3.05, 3.63) is 29.7 Å². The predicted octanol–water partition coefficient (Wildman–Crippen LogP) is 2.86. The number of aryl methyl sites for hydroxylation is 1. The normalized spacial score (nSPS) is 14.5. The second-order valence-corrected chi connectivity index (χ2v) is 7.65. The van der Waals surface area contributed by atoms with Gasteiger partial charge in [-0.15, -0.1) is 24.0 Å². The maximum atomic E-state index is 4.61. The Morgan fingerprint density at radius 2 is 1.90 bits per heavy atom. The number of hydrogen-bond acceptors (Lipinski definition) is 7. The molecule has 3 rings (SSSR count). The van der Waals surface area contributed by atoms with Gasteiger partial charge >= 0.3 is 0 Å². The third-order valence-corrected chi connectivity index (χ3v) is 6.00. The van der Waals surface area contributed by atoms with E-state index in [1.165, 1.54) is 11.5 Å². The number of aromatic nitrogens is 3. The highest BCUT2D eigenvalue weighted by Crippen LogP contribution is 2.19. The Kier molecular flexibility index (Phi) is 10.0. The van der Waals surface area contributed by atoms with Gasteiger partial charge < -0.3 is 20.0 Å². The third-order valence-electron chi connectivity index (χ3n) is 5.18. The van der Waals surface area contributed by atoms with Crippen LogP contribution in [0.2, 0.25) is 0 Å². The number of pyridine rings is 1. The Morgan fingerprint density at radius 1 is 1.17 bits per heavy atom. The summed E-state index contributed by atoms with van der Waals surface area (Å²) in [6, 6.07) is 4.23. The van der Waals surface area contributed by atoms with Gasteiger partial charge in [0.25, 0.3) is 0 Å². The Bertz CT molecular complexity index is 782. The fourth-order valence-electron chi connectivity index (χ4n) is 3.40. The minimum atomic E-state index is 0. The molecule has 0 bridgehead atoms. The van der Waals surface area contributed by atoms with Gasteiger partial charge in [0.1, 0.15) is 11.6 Å². The first-order valence-electron chi connectivity index (χ1n) is 10.4. The van der Waals surface area contributed by atoms with E-state index in [-0.39, 0.29) is 24.0 Å². The van der Waals surface area contributed by atoms with Crippen LogP contribution in [0.3, 0.4) is 0 Å². The summed E-state index contributed by atoms with van der Waals surface area (Å²) in [4.78, 5) is 20.5. The molecule has 0 aliphatic carbocycles. The minimum absolute atomic E-state index is 0. The molecule has 8 nitrogen and oxygen atoms in total. The number of nitrogens with zero attached hydrogens (tertiary/aromatic N) is 7. The number of aliphatic imine (C=N–C) groups is 1. The molecule has 10 heteroatoms. The van der Waals surface area contributed by atoms with E-state index in [9.17, 15) is 0 Å². The van der Waals surface area contributed by atoms with Crippen molar-refractivity contribution in [3.63, 3.8) is 0 Å². The molecule has 0 saturated carbocycles. The number of piperazine rings is 1. The van der Waals surface area contributed by atoms with Crippen molar-refractivity contribution in [2.24, 2.45) is 4.99 Å². The Labute approximate surface area is 201 Å². The zero-order valence-electron chi connectivity index (χ0n) is 18.3. The molecule has 0 amide bonds. The molecule has 0 spiro atoms. The van der Waals surface area contributed by atoms with E-state index in [4.69, 9.17) is 0 Å². The van der Waals surface area contributed by atoms with E-state index in [1.54, 1.807) is 0 Å². The Morgan fingerprint density at radius 3 is 2.43 bits per heavy atom. The van der Waals surface area contributed by atoms with Gasteiger partial charge in [-0.1, -0.05) is 13.0 Å². The smallest absolute Gasteiger partial charge is 0.205 e. The van der Waals surface area contributed by atoms with Crippen molar-refractivity contribution in [2.75, 3.05) is 56.1 Å². The first-order chi connectivity index (χ1) is 14.2. The number of guanidine groups is 1. The van der Waals surface area contributed by atoms with E-state index in [0.29, 0.717) is 6.54 Å². The molecule has 2 aromatic rings. The molecule has 1 aliphatic heterocycles. The first kappa shape index (κ1) is 24.6. The van der Waals surface area contributed by atoms with Gasteiger partial charge in [-0.05, 0) is 25.5 Å². The van der Waals surface area contributed by atoms with Crippen LogP contribution in [0, 0.1) is 0 Å². The molecular formula is C20H33IN8S. The number of halogens is 1. The first-order valence-corrected chi connectivity index (χ1v) is 11.2. The number of hydrogen-bond donors (Lipinski definition) is 1. The topological polar surface area (TPSA) is 72.8 Å². The summed E-state index contributed by atoms with van der Waals surface area (Å²) in [6.07, 6.45) is 2.84. The van der Waals surface area contributed by atoms with Gasteiger partial charge in [0.15, 0.2) is 5.96 Å². The molecule has 1 aliphatic rings. The molecule has 0 unspecified atom stereocenters. The quantitative estimate of drug-likeness (QED) is 0.327. The molecular weight excluding hydrogens is 511 g/mol. The zero-order valence-corrected chi connectivity index (χ0v) is 21.5. The second-order valence-electron chi connectivity index (χ2n) is 6.92. The van der Waals surface area contributed by atoms with Crippen LogP contribution < -0.4 is 15.1 Å². The molecule has 0 radical (unpaired) electrons. The molecule has 0 atom stereocenters. The predicted molar refractivity (Wildman–Crippen MR) is 136 cm³/mol. The summed E-state index contributed by atoms with van der Waals surface area (Å²) >= 11 is 1.50. The largest absolute Gasteiger partial charge is 0.357 e. The van der Waals surface area contributed by atoms with Gasteiger partial charge in [0.05, 0.1) is 0 Å². The second kappa shape index (κ2) is 12.2. The summed E-state index contributed by atoms with van der Waals surface area (Å²) < 4.78 is 4.40. The van der Waals surface area contributed by atoms with Crippen molar-refractivity contribution in [2.45, 2.75) is 33.7 Å². The van der Waals surface area contributed by atoms with Crippen LogP contribution in [0.5, 0.6) is 0 Å². The summed E-state index contributed by atoms with van der Waals surface area (Å²) in [5.41, 5.74) is 1.15. The van der Waals surface area contributed by atoms with Crippen LogP contribution in [0.15, 0.2) is 23.3 Å². The molecule has 0 aromatic carbocycles. The maximum absolute atomic E-state index is 4.61. The van der Waals surface area contributed by atoms with Crippen molar-refractivity contribution in [1.29, 1.82) is 0 Å². The third kappa shape index (κ3) is 6.16. The van der Waals surface area contributed by atoms with Crippen LogP contribution >= 0.6 is 35.5 Å². The average molecular weight is 545 g/mol. The van der Waals surface area contributed by atoms with Crippen molar-refractivity contribution in [1.82, 2.24) is 24.6 Å². The van der Waals surface area contributed by atoms with Crippen molar-refractivity contribution < 1.29 is 0 Å². The fourth-order valence-corrected chi connectivity index (χ4v) is 4.20. The summed E-state index contributed by atoms with van der Waals surface area (Å²) in [5.74, 6) is 2.90. The highest BCUT2D eigenvalue weighted by Gasteiger charge is 2.22. The molecule has 1 N–H and O–H groups in total. The molecule has 30 heavy (non-hydrogen) atoms. The van der Waals surface area contributed by atoms with E-state index >= 15 is 0 Å². The maximum Gasteiger partial charge on any atom is 0.205 e. The summed E-state index contributed by atoms with van der Waals surface area (Å²) in [5, 5.41) is 4.51. The highest BCUT2D eigenvalue weighted by atomic mass is 127. The Hall–Kier alpha value is -1.69. The minimum Gasteiger partial charge on any atom is -0.357 e. The van der Waals surface area contributed by atoms with E-state index < -0.39 is 0 Å². The lowest BCUT2D eigenvalue weighted by atomic mass is 10.2. The van der Waals surface area contributed by atoms with E-state index in [1.807, 2.05) is 13.2 Å². The summed E-state index contributed by atoms with van der Waals surface area (Å²) in [7, 11) is 1.84. The zero-order chi connectivity index (χ0) is 20.6. The SMILES string of the molecule is CCc1nsc(N2CCN(C(=NC)NCc3ccc(N(CC)CC)nc3)CC2)n1.I. The monoisotopic (exact) mass is 544 g/mol. The van der Waals surface area contributed by atoms with Crippen molar-refractivity contribution >= 4 is 52.4 Å². The number of anilines is 2. The Balaban J connectivity index is 0.00000320. The van der Waals surface area contributed by atoms with Crippen LogP contribution in [0.25, 0.3) is 0 Å². The van der Waals surface area contributed by atoms with Crippen molar-refractivity contribution in [3.8, 4) is 0 Å². The highest BCUT2D eigenvalue weighted by molar-refractivity contribution is 14.0. The molecule has 1 saturated heterocycles. The molecule has 1 fully saturated rings. The lowest BCUT2D eigenvalue weighted by Gasteiger charge is -2.36. The van der Waals surface area contributed by atoms with Gasteiger partial charge in [0, 0.05) is 77.0 Å². The lowest BCUT2D eigenvalue weighted by Crippen LogP contribution is -2.52. The lowest BCUT2D eigenvalue weighted by molar-refractivity contribution is 0.372. The fraction of sp³-hybridized carbons (Fsp3) is 0.600. The number of nitrogens with one attached hydrogen (secondary N) is 1. The van der Waals surface area contributed by atoms with Crippen LogP contribution in [-0.2, 0) is 13.0 Å².